The summed E-state index contributed by atoms with van der Waals surface area (Å²) in [7, 11) is 3.85. The monoisotopic (exact) mass is 200 g/mol. The molecular weight excluding hydrogens is 176 g/mol. The third kappa shape index (κ3) is 5.22. The lowest BCUT2D eigenvalue weighted by atomic mass is 10.2. The van der Waals surface area contributed by atoms with Gasteiger partial charge in [-0.3, -0.25) is 9.80 Å². The minimum Gasteiger partial charge on any atom is -0.276 e. The Kier molecular flexibility index (Phi) is 7.48. The third-order valence-electron chi connectivity index (χ3n) is 2.20. The van der Waals surface area contributed by atoms with Crippen molar-refractivity contribution < 1.29 is 4.79 Å². The topological polar surface area (TPSA) is 23.6 Å². The summed E-state index contributed by atoms with van der Waals surface area (Å²) in [4.78, 5) is 11.7. The summed E-state index contributed by atoms with van der Waals surface area (Å²) in [5.74, 6) is 0.255. The molecule has 0 aromatic carbocycles. The second-order valence-electron chi connectivity index (χ2n) is 3.82. The van der Waals surface area contributed by atoms with Crippen LogP contribution in [0, 0.1) is 0 Å². The third-order valence-corrected chi connectivity index (χ3v) is 2.20. The van der Waals surface area contributed by atoms with Crippen LogP contribution in [0.4, 0.5) is 0 Å². The molecule has 3 heteroatoms. The van der Waals surface area contributed by atoms with Gasteiger partial charge in [0, 0.05) is 27.1 Å². The summed E-state index contributed by atoms with van der Waals surface area (Å²) in [6, 6.07) is 0. The molecule has 0 N–H and O–H groups in total. The van der Waals surface area contributed by atoms with Gasteiger partial charge in [-0.05, 0) is 12.8 Å². The van der Waals surface area contributed by atoms with Gasteiger partial charge in [0.2, 0.25) is 5.91 Å². The van der Waals surface area contributed by atoms with Crippen molar-refractivity contribution in [1.82, 2.24) is 10.0 Å². The zero-order valence-corrected chi connectivity index (χ0v) is 10.0. The van der Waals surface area contributed by atoms with Crippen molar-refractivity contribution in [1.29, 1.82) is 0 Å². The van der Waals surface area contributed by atoms with Crippen LogP contribution in [0.15, 0.2) is 0 Å². The van der Waals surface area contributed by atoms with Gasteiger partial charge in [0.05, 0.1) is 0 Å². The molecule has 0 aliphatic carbocycles. The van der Waals surface area contributed by atoms with E-state index in [1.54, 1.807) is 0 Å². The van der Waals surface area contributed by atoms with Gasteiger partial charge in [-0.1, -0.05) is 26.7 Å². The van der Waals surface area contributed by atoms with Crippen molar-refractivity contribution in [3.8, 4) is 0 Å². The smallest absolute Gasteiger partial charge is 0.236 e. The van der Waals surface area contributed by atoms with Gasteiger partial charge < -0.3 is 0 Å². The molecule has 0 fully saturated rings. The molecule has 0 heterocycles. The lowest BCUT2D eigenvalue weighted by Crippen LogP contribution is -2.42. The average Bonchev–Trinajstić information content (AvgIpc) is 2.13. The van der Waals surface area contributed by atoms with Gasteiger partial charge in [-0.25, -0.2) is 5.01 Å². The van der Waals surface area contributed by atoms with Crippen molar-refractivity contribution in [3.63, 3.8) is 0 Å². The first-order chi connectivity index (χ1) is 6.63. The first-order valence-electron chi connectivity index (χ1n) is 5.61. The van der Waals surface area contributed by atoms with E-state index in [1.807, 2.05) is 24.1 Å². The van der Waals surface area contributed by atoms with Gasteiger partial charge in [-0.15, -0.1) is 0 Å². The molecule has 0 atom stereocenters. The van der Waals surface area contributed by atoms with Crippen molar-refractivity contribution in [3.05, 3.63) is 0 Å². The Balaban J connectivity index is 3.89. The first-order valence-corrected chi connectivity index (χ1v) is 5.61. The molecule has 0 radical (unpaired) electrons. The largest absolute Gasteiger partial charge is 0.276 e. The number of hydrazine groups is 1. The molecule has 84 valence electrons. The Morgan fingerprint density at radius 2 is 1.71 bits per heavy atom. The highest BCUT2D eigenvalue weighted by atomic mass is 16.2. The molecule has 3 nitrogen and oxygen atoms in total. The Bertz CT molecular complexity index is 157. The zero-order valence-electron chi connectivity index (χ0n) is 10.0. The Morgan fingerprint density at radius 1 is 1.07 bits per heavy atom. The molecule has 0 rings (SSSR count). The Hall–Kier alpha value is -0.570. The van der Waals surface area contributed by atoms with Crippen LogP contribution in [0.3, 0.4) is 0 Å². The number of rotatable bonds is 7. The number of hydrogen-bond donors (Lipinski definition) is 0. The highest BCUT2D eigenvalue weighted by Crippen LogP contribution is 2.04. The van der Waals surface area contributed by atoms with Crippen LogP contribution < -0.4 is 0 Å². The zero-order chi connectivity index (χ0) is 11.0. The fourth-order valence-electron chi connectivity index (χ4n) is 1.41. The van der Waals surface area contributed by atoms with E-state index in [2.05, 4.69) is 13.8 Å². The minimum atomic E-state index is 0.255. The van der Waals surface area contributed by atoms with Crippen molar-refractivity contribution in [2.45, 2.75) is 46.0 Å². The lowest BCUT2D eigenvalue weighted by Gasteiger charge is -2.28. The van der Waals surface area contributed by atoms with E-state index in [0.29, 0.717) is 6.42 Å². The molecule has 0 aliphatic rings. The normalized spacial score (nSPS) is 10.6. The van der Waals surface area contributed by atoms with Gasteiger partial charge >= 0.3 is 0 Å². The molecular formula is C11H24N2O. The number of amides is 1. The van der Waals surface area contributed by atoms with Crippen molar-refractivity contribution in [2.24, 2.45) is 0 Å². The van der Waals surface area contributed by atoms with Gasteiger partial charge in [-0.2, -0.15) is 0 Å². The molecule has 0 aromatic heterocycles. The van der Waals surface area contributed by atoms with Crippen LogP contribution in [0.25, 0.3) is 0 Å². The van der Waals surface area contributed by atoms with E-state index in [1.165, 1.54) is 6.42 Å². The Labute approximate surface area is 88.0 Å². The molecule has 0 aliphatic heterocycles. The molecule has 0 saturated carbocycles. The average molecular weight is 200 g/mol. The molecule has 0 unspecified atom stereocenters. The summed E-state index contributed by atoms with van der Waals surface area (Å²) in [5, 5.41) is 3.72. The second kappa shape index (κ2) is 7.80. The van der Waals surface area contributed by atoms with E-state index < -0.39 is 0 Å². The summed E-state index contributed by atoms with van der Waals surface area (Å²) >= 11 is 0. The van der Waals surface area contributed by atoms with E-state index in [-0.39, 0.29) is 5.91 Å². The van der Waals surface area contributed by atoms with Crippen molar-refractivity contribution in [2.75, 3.05) is 20.6 Å². The standard InChI is InChI=1S/C11H24N2O/c1-5-7-8-9-11(14)13(10-6-2)12(3)4/h5-10H2,1-4H3. The fraction of sp³-hybridized carbons (Fsp3) is 0.909. The number of carbonyl (C=O) groups is 1. The SMILES string of the molecule is CCCCCC(=O)N(CCC)N(C)C. The van der Waals surface area contributed by atoms with Crippen molar-refractivity contribution >= 4 is 5.91 Å². The summed E-state index contributed by atoms with van der Waals surface area (Å²) in [6.45, 7) is 5.08. The maximum absolute atomic E-state index is 11.7. The maximum atomic E-state index is 11.7. The predicted octanol–water partition coefficient (Wildman–Crippen LogP) is 2.28. The first kappa shape index (κ1) is 13.4. The number of carbonyl (C=O) groups excluding carboxylic acids is 1. The van der Waals surface area contributed by atoms with E-state index in [9.17, 15) is 4.79 Å². The number of unbranched alkanes of at least 4 members (excludes halogenated alkanes) is 2. The van der Waals surface area contributed by atoms with E-state index in [4.69, 9.17) is 0 Å². The quantitative estimate of drug-likeness (QED) is 0.465. The minimum absolute atomic E-state index is 0.255. The fourth-order valence-corrected chi connectivity index (χ4v) is 1.41. The van der Waals surface area contributed by atoms with Gasteiger partial charge in [0.25, 0.3) is 0 Å². The molecule has 1 amide bonds. The summed E-state index contributed by atoms with van der Waals surface area (Å²) in [6.07, 6.45) is 5.04. The van der Waals surface area contributed by atoms with E-state index in [0.717, 1.165) is 25.8 Å². The molecule has 14 heavy (non-hydrogen) atoms. The summed E-state index contributed by atoms with van der Waals surface area (Å²) < 4.78 is 0. The highest BCUT2D eigenvalue weighted by molar-refractivity contribution is 5.75. The second-order valence-corrected chi connectivity index (χ2v) is 3.82. The van der Waals surface area contributed by atoms with E-state index >= 15 is 0 Å². The number of hydrogen-bond acceptors (Lipinski definition) is 2. The van der Waals surface area contributed by atoms with Crippen LogP contribution in [0.1, 0.15) is 46.0 Å². The van der Waals surface area contributed by atoms with Crippen LogP contribution in [-0.4, -0.2) is 36.6 Å². The van der Waals surface area contributed by atoms with Crippen LogP contribution >= 0.6 is 0 Å². The maximum Gasteiger partial charge on any atom is 0.236 e. The lowest BCUT2D eigenvalue weighted by molar-refractivity contribution is -0.144. The molecule has 0 saturated heterocycles. The Morgan fingerprint density at radius 3 is 2.14 bits per heavy atom. The predicted molar refractivity (Wildman–Crippen MR) is 59.8 cm³/mol. The highest BCUT2D eigenvalue weighted by Gasteiger charge is 2.13. The van der Waals surface area contributed by atoms with Crippen LogP contribution in [-0.2, 0) is 4.79 Å². The van der Waals surface area contributed by atoms with Crippen LogP contribution in [0.5, 0.6) is 0 Å². The van der Waals surface area contributed by atoms with Gasteiger partial charge in [0.1, 0.15) is 0 Å². The summed E-state index contributed by atoms with van der Waals surface area (Å²) in [5.41, 5.74) is 0. The molecule has 0 spiro atoms. The molecule has 0 aromatic rings. The van der Waals surface area contributed by atoms with Gasteiger partial charge in [0.15, 0.2) is 0 Å². The molecule has 0 bridgehead atoms. The van der Waals surface area contributed by atoms with Crippen LogP contribution in [0.2, 0.25) is 0 Å². The number of nitrogens with zero attached hydrogens (tertiary/aromatic N) is 2.